The summed E-state index contributed by atoms with van der Waals surface area (Å²) in [7, 11) is 6.40. The molecule has 1 amide bonds. The van der Waals surface area contributed by atoms with Gasteiger partial charge in [-0.15, -0.1) is 0 Å². The lowest BCUT2D eigenvalue weighted by Crippen LogP contribution is -2.30. The first-order chi connectivity index (χ1) is 17.6. The minimum atomic E-state index is -0.0937. The van der Waals surface area contributed by atoms with Crippen LogP contribution in [0, 0.1) is 0 Å². The Balaban J connectivity index is 1.64. The summed E-state index contributed by atoms with van der Waals surface area (Å²) in [6.07, 6.45) is 3.24. The Labute approximate surface area is 210 Å². The summed E-state index contributed by atoms with van der Waals surface area (Å²) < 4.78 is 22.4. The maximum Gasteiger partial charge on any atom is 0.274 e. The van der Waals surface area contributed by atoms with E-state index in [1.165, 1.54) is 5.56 Å². The third kappa shape index (κ3) is 3.70. The van der Waals surface area contributed by atoms with E-state index in [4.69, 9.17) is 18.9 Å². The van der Waals surface area contributed by atoms with E-state index < -0.39 is 0 Å². The van der Waals surface area contributed by atoms with Crippen molar-refractivity contribution in [1.82, 2.24) is 4.98 Å². The van der Waals surface area contributed by atoms with Gasteiger partial charge in [-0.1, -0.05) is 44.0 Å². The van der Waals surface area contributed by atoms with Crippen molar-refractivity contribution >= 4 is 33.3 Å². The number of hydrogen-bond acceptors (Lipinski definition) is 5. The van der Waals surface area contributed by atoms with Crippen LogP contribution in [0.1, 0.15) is 48.2 Å². The van der Waals surface area contributed by atoms with Crippen LogP contribution in [-0.2, 0) is 0 Å². The molecule has 0 saturated carbocycles. The molecule has 0 bridgehead atoms. The topological polar surface area (TPSA) is 73.0 Å². The number of H-pyrrole nitrogens is 1. The lowest BCUT2D eigenvalue weighted by atomic mass is 9.91. The number of carbonyl (C=O) groups excluding carboxylic acids is 1. The van der Waals surface area contributed by atoms with E-state index in [0.29, 0.717) is 35.0 Å². The molecular formula is C29H32N2O5. The van der Waals surface area contributed by atoms with Gasteiger partial charge >= 0.3 is 0 Å². The number of nitrogens with one attached hydrogen (secondary N) is 1. The number of aromatic nitrogens is 1. The van der Waals surface area contributed by atoms with Gasteiger partial charge < -0.3 is 28.8 Å². The summed E-state index contributed by atoms with van der Waals surface area (Å²) in [6, 6.07) is 14.0. The van der Waals surface area contributed by atoms with E-state index in [2.05, 4.69) is 24.0 Å². The Kier molecular flexibility index (Phi) is 6.39. The number of rotatable bonds is 8. The molecular weight excluding hydrogens is 456 g/mol. The molecule has 4 aromatic rings. The largest absolute Gasteiger partial charge is 0.496 e. The van der Waals surface area contributed by atoms with Gasteiger partial charge in [0, 0.05) is 29.3 Å². The van der Waals surface area contributed by atoms with Crippen LogP contribution in [0.3, 0.4) is 0 Å². The Morgan fingerprint density at radius 1 is 0.944 bits per heavy atom. The van der Waals surface area contributed by atoms with E-state index in [1.807, 2.05) is 35.2 Å². The zero-order valence-corrected chi connectivity index (χ0v) is 21.4. The Morgan fingerprint density at radius 2 is 1.67 bits per heavy atom. The average Bonchev–Trinajstić information content (AvgIpc) is 3.51. The fourth-order valence-electron chi connectivity index (χ4n) is 5.47. The first-order valence-electron chi connectivity index (χ1n) is 12.3. The van der Waals surface area contributed by atoms with Crippen molar-refractivity contribution in [3.8, 4) is 23.0 Å². The van der Waals surface area contributed by atoms with Crippen LogP contribution in [-0.4, -0.2) is 45.9 Å². The molecule has 0 aliphatic carbocycles. The van der Waals surface area contributed by atoms with Crippen LogP contribution in [0.15, 0.2) is 42.5 Å². The minimum absolute atomic E-state index is 0.0937. The summed E-state index contributed by atoms with van der Waals surface area (Å²) in [4.78, 5) is 19.2. The SMILES string of the molecule is CCCC[C@@H]1CN(C(=O)c2cc3cc(OC)c(OC)c(OC)c3[nH]2)c2cc(OC)c3ccccc3c21. The van der Waals surface area contributed by atoms with Gasteiger partial charge in [-0.05, 0) is 29.5 Å². The Morgan fingerprint density at radius 3 is 2.33 bits per heavy atom. The van der Waals surface area contributed by atoms with Crippen LogP contribution in [0.4, 0.5) is 5.69 Å². The van der Waals surface area contributed by atoms with Crippen molar-refractivity contribution in [3.05, 3.63) is 53.7 Å². The predicted octanol–water partition coefficient (Wildman–Crippen LogP) is 6.29. The van der Waals surface area contributed by atoms with Crippen LogP contribution in [0.25, 0.3) is 21.7 Å². The summed E-state index contributed by atoms with van der Waals surface area (Å²) in [5.74, 6) is 2.47. The third-order valence-corrected chi connectivity index (χ3v) is 7.15. The van der Waals surface area contributed by atoms with Gasteiger partial charge in [-0.2, -0.15) is 0 Å². The fourth-order valence-corrected chi connectivity index (χ4v) is 5.47. The number of unbranched alkanes of at least 4 members (excludes halogenated alkanes) is 1. The second-order valence-corrected chi connectivity index (χ2v) is 9.10. The molecule has 0 spiro atoms. The maximum absolute atomic E-state index is 14.0. The van der Waals surface area contributed by atoms with E-state index in [9.17, 15) is 4.79 Å². The summed E-state index contributed by atoms with van der Waals surface area (Å²) in [5, 5.41) is 3.03. The first kappa shape index (κ1) is 23.9. The van der Waals surface area contributed by atoms with Gasteiger partial charge in [-0.25, -0.2) is 0 Å². The summed E-state index contributed by atoms with van der Waals surface area (Å²) in [6.45, 7) is 2.83. The van der Waals surface area contributed by atoms with Crippen molar-refractivity contribution in [2.75, 3.05) is 39.9 Å². The first-order valence-corrected chi connectivity index (χ1v) is 12.3. The van der Waals surface area contributed by atoms with Crippen LogP contribution >= 0.6 is 0 Å². The number of hydrogen-bond donors (Lipinski definition) is 1. The van der Waals surface area contributed by atoms with Gasteiger partial charge in [0.1, 0.15) is 11.4 Å². The Bertz CT molecular complexity index is 1440. The third-order valence-electron chi connectivity index (χ3n) is 7.15. The minimum Gasteiger partial charge on any atom is -0.496 e. The normalized spacial score (nSPS) is 14.8. The smallest absolute Gasteiger partial charge is 0.274 e. The highest BCUT2D eigenvalue weighted by molar-refractivity contribution is 6.12. The number of carbonyl (C=O) groups is 1. The summed E-state index contributed by atoms with van der Waals surface area (Å²) >= 11 is 0. The number of methoxy groups -OCH3 is 4. The summed E-state index contributed by atoms with van der Waals surface area (Å²) in [5.41, 5.74) is 3.31. The van der Waals surface area contributed by atoms with E-state index in [1.54, 1.807) is 28.4 Å². The molecule has 0 fully saturated rings. The number of ether oxygens (including phenoxy) is 4. The molecule has 36 heavy (non-hydrogen) atoms. The van der Waals surface area contributed by atoms with Gasteiger partial charge in [-0.3, -0.25) is 4.79 Å². The highest BCUT2D eigenvalue weighted by Crippen LogP contribution is 2.48. The van der Waals surface area contributed by atoms with Crippen molar-refractivity contribution in [3.63, 3.8) is 0 Å². The molecule has 1 aromatic heterocycles. The highest BCUT2D eigenvalue weighted by atomic mass is 16.5. The lowest BCUT2D eigenvalue weighted by Gasteiger charge is -2.18. The van der Waals surface area contributed by atoms with Gasteiger partial charge in [0.05, 0.1) is 39.6 Å². The molecule has 0 radical (unpaired) electrons. The number of nitrogens with zero attached hydrogens (tertiary/aromatic N) is 1. The number of aromatic amines is 1. The number of amides is 1. The molecule has 0 unspecified atom stereocenters. The molecule has 7 nitrogen and oxygen atoms in total. The quantitative estimate of drug-likeness (QED) is 0.316. The second kappa shape index (κ2) is 9.64. The predicted molar refractivity (Wildman–Crippen MR) is 142 cm³/mol. The highest BCUT2D eigenvalue weighted by Gasteiger charge is 2.36. The molecule has 1 aliphatic rings. The van der Waals surface area contributed by atoms with Crippen molar-refractivity contribution < 1.29 is 23.7 Å². The number of benzene rings is 3. The molecule has 0 saturated heterocycles. The molecule has 188 valence electrons. The zero-order chi connectivity index (χ0) is 25.4. The van der Waals surface area contributed by atoms with Crippen LogP contribution in [0.5, 0.6) is 23.0 Å². The second-order valence-electron chi connectivity index (χ2n) is 9.10. The zero-order valence-electron chi connectivity index (χ0n) is 21.4. The monoisotopic (exact) mass is 488 g/mol. The average molecular weight is 489 g/mol. The van der Waals surface area contributed by atoms with Gasteiger partial charge in [0.25, 0.3) is 5.91 Å². The van der Waals surface area contributed by atoms with Crippen molar-refractivity contribution in [2.24, 2.45) is 0 Å². The molecule has 3 aromatic carbocycles. The van der Waals surface area contributed by atoms with Gasteiger partial charge in [0.15, 0.2) is 11.5 Å². The van der Waals surface area contributed by atoms with Gasteiger partial charge in [0.2, 0.25) is 5.75 Å². The molecule has 2 heterocycles. The molecule has 1 aliphatic heterocycles. The van der Waals surface area contributed by atoms with E-state index >= 15 is 0 Å². The molecule has 5 rings (SSSR count). The molecule has 1 atom stereocenters. The molecule has 1 N–H and O–H groups in total. The maximum atomic E-state index is 14.0. The van der Waals surface area contributed by atoms with Crippen molar-refractivity contribution in [1.29, 1.82) is 0 Å². The fraction of sp³-hybridized carbons (Fsp3) is 0.345. The Hall–Kier alpha value is -3.87. The van der Waals surface area contributed by atoms with Crippen molar-refractivity contribution in [2.45, 2.75) is 32.1 Å². The molecule has 7 heteroatoms. The van der Waals surface area contributed by atoms with Crippen LogP contribution < -0.4 is 23.8 Å². The number of fused-ring (bicyclic) bond motifs is 4. The standard InChI is InChI=1S/C29H32N2O5/c1-6-7-10-17-16-31(22-15-23(33-2)19-11-8-9-12-20(19)25(17)22)29(32)21-13-18-14-24(34-3)27(35-4)28(36-5)26(18)30-21/h8-9,11-15,17,30H,6-7,10,16H2,1-5H3/t17-/m1/s1. The van der Waals surface area contributed by atoms with E-state index in [-0.39, 0.29) is 11.8 Å². The van der Waals surface area contributed by atoms with E-state index in [0.717, 1.165) is 46.9 Å². The number of anilines is 1. The van der Waals surface area contributed by atoms with Crippen LogP contribution in [0.2, 0.25) is 0 Å². The lowest BCUT2D eigenvalue weighted by molar-refractivity contribution is 0.0984.